The summed E-state index contributed by atoms with van der Waals surface area (Å²) in [6, 6.07) is 0.234. The molecule has 1 heterocycles. The molecule has 1 saturated heterocycles. The van der Waals surface area contributed by atoms with Gasteiger partial charge in [-0.15, -0.1) is 0 Å². The Morgan fingerprint density at radius 1 is 1.44 bits per heavy atom. The third-order valence-electron chi connectivity index (χ3n) is 2.72. The summed E-state index contributed by atoms with van der Waals surface area (Å²) in [5.41, 5.74) is 0. The minimum Gasteiger partial charge on any atom is -0.462 e. The van der Waals surface area contributed by atoms with E-state index in [2.05, 4.69) is 4.90 Å². The Labute approximate surface area is 96.9 Å². The van der Waals surface area contributed by atoms with Crippen LogP contribution in [0.15, 0.2) is 0 Å². The molecule has 0 aliphatic carbocycles. The molecule has 0 aromatic carbocycles. The van der Waals surface area contributed by atoms with Crippen molar-refractivity contribution in [1.29, 1.82) is 0 Å². The first-order chi connectivity index (χ1) is 7.49. The maximum Gasteiger partial charge on any atom is 0.320 e. The molecule has 0 N–H and O–H groups in total. The maximum atomic E-state index is 11.5. The quantitative estimate of drug-likeness (QED) is 0.666. The molecule has 0 bridgehead atoms. The van der Waals surface area contributed by atoms with Crippen LogP contribution in [-0.4, -0.2) is 41.9 Å². The molecule has 92 valence electrons. The largest absolute Gasteiger partial charge is 0.462 e. The van der Waals surface area contributed by atoms with E-state index in [1.54, 1.807) is 6.92 Å². The molecular formula is C12H21NO3. The average molecular weight is 227 g/mol. The summed E-state index contributed by atoms with van der Waals surface area (Å²) in [5.74, 6) is -0.000390. The molecule has 0 aromatic heterocycles. The first-order valence-electron chi connectivity index (χ1n) is 5.92. The molecule has 1 fully saturated rings. The molecular weight excluding hydrogens is 206 g/mol. The number of carbonyl (C=O) groups excluding carboxylic acids is 2. The number of Topliss-reactive ketones (excluding diaryl/α,β-unsaturated/α-hetero) is 1. The van der Waals surface area contributed by atoms with Crippen molar-refractivity contribution in [2.24, 2.45) is 0 Å². The van der Waals surface area contributed by atoms with E-state index in [-0.39, 0.29) is 23.9 Å². The highest BCUT2D eigenvalue weighted by Gasteiger charge is 2.27. The first kappa shape index (κ1) is 13.2. The number of hydrogen-bond acceptors (Lipinski definition) is 4. The zero-order valence-electron chi connectivity index (χ0n) is 10.4. The molecule has 0 saturated carbocycles. The lowest BCUT2D eigenvalue weighted by atomic mass is 10.1. The van der Waals surface area contributed by atoms with Crippen molar-refractivity contribution in [2.75, 3.05) is 13.1 Å². The van der Waals surface area contributed by atoms with E-state index in [0.29, 0.717) is 13.0 Å². The van der Waals surface area contributed by atoms with Crippen LogP contribution in [0.25, 0.3) is 0 Å². The number of likely N-dealkylation sites (tertiary alicyclic amines) is 1. The van der Waals surface area contributed by atoms with Gasteiger partial charge in [-0.2, -0.15) is 0 Å². The Morgan fingerprint density at radius 3 is 2.69 bits per heavy atom. The van der Waals surface area contributed by atoms with E-state index in [9.17, 15) is 9.59 Å². The van der Waals surface area contributed by atoms with Gasteiger partial charge >= 0.3 is 5.97 Å². The minimum atomic E-state index is -0.189. The molecule has 1 aliphatic heterocycles. The Balaban J connectivity index is 2.40. The summed E-state index contributed by atoms with van der Waals surface area (Å²) < 4.78 is 5.10. The Bertz CT molecular complexity index is 263. The second-order valence-electron chi connectivity index (χ2n) is 4.71. The van der Waals surface area contributed by atoms with Crippen LogP contribution in [0.1, 0.15) is 40.0 Å². The van der Waals surface area contributed by atoms with Gasteiger partial charge in [0.2, 0.25) is 0 Å². The molecule has 1 rings (SSSR count). The first-order valence-corrected chi connectivity index (χ1v) is 5.92. The SMILES string of the molecule is CC(=O)CC1CCCN1CC(=O)OC(C)C. The lowest BCUT2D eigenvalue weighted by molar-refractivity contribution is -0.149. The van der Waals surface area contributed by atoms with E-state index in [4.69, 9.17) is 4.74 Å². The Kier molecular flexibility index (Phi) is 4.93. The van der Waals surface area contributed by atoms with Crippen molar-refractivity contribution in [3.63, 3.8) is 0 Å². The fourth-order valence-electron chi connectivity index (χ4n) is 2.13. The topological polar surface area (TPSA) is 46.6 Å². The van der Waals surface area contributed by atoms with E-state index in [1.165, 1.54) is 0 Å². The molecule has 1 unspecified atom stereocenters. The van der Waals surface area contributed by atoms with Gasteiger partial charge in [-0.25, -0.2) is 0 Å². The standard InChI is InChI=1S/C12H21NO3/c1-9(2)16-12(15)8-13-6-4-5-11(13)7-10(3)14/h9,11H,4-8H2,1-3H3. The Hall–Kier alpha value is -0.900. The van der Waals surface area contributed by atoms with Gasteiger partial charge < -0.3 is 4.74 Å². The summed E-state index contributed by atoms with van der Waals surface area (Å²) in [6.07, 6.45) is 2.55. The van der Waals surface area contributed by atoms with Crippen molar-refractivity contribution in [2.45, 2.75) is 52.2 Å². The van der Waals surface area contributed by atoms with Crippen LogP contribution in [-0.2, 0) is 14.3 Å². The normalized spacial score (nSPS) is 21.4. The molecule has 16 heavy (non-hydrogen) atoms. The smallest absolute Gasteiger partial charge is 0.320 e. The van der Waals surface area contributed by atoms with E-state index >= 15 is 0 Å². The number of hydrogen-bond donors (Lipinski definition) is 0. The summed E-state index contributed by atoms with van der Waals surface area (Å²) in [7, 11) is 0. The number of rotatable bonds is 5. The van der Waals surface area contributed by atoms with Crippen LogP contribution >= 0.6 is 0 Å². The second-order valence-corrected chi connectivity index (χ2v) is 4.71. The third kappa shape index (κ3) is 4.31. The van der Waals surface area contributed by atoms with Gasteiger partial charge in [0, 0.05) is 12.5 Å². The fourth-order valence-corrected chi connectivity index (χ4v) is 2.13. The fraction of sp³-hybridized carbons (Fsp3) is 0.833. The third-order valence-corrected chi connectivity index (χ3v) is 2.72. The highest BCUT2D eigenvalue weighted by molar-refractivity contribution is 5.76. The summed E-state index contributed by atoms with van der Waals surface area (Å²) in [4.78, 5) is 24.6. The van der Waals surface area contributed by atoms with Gasteiger partial charge in [-0.3, -0.25) is 14.5 Å². The minimum absolute atomic E-state index is 0.0682. The van der Waals surface area contributed by atoms with Gasteiger partial charge in [0.1, 0.15) is 5.78 Å². The van der Waals surface area contributed by atoms with Crippen LogP contribution in [0.5, 0.6) is 0 Å². The van der Waals surface area contributed by atoms with E-state index in [0.717, 1.165) is 19.4 Å². The van der Waals surface area contributed by atoms with Crippen molar-refractivity contribution < 1.29 is 14.3 Å². The summed E-state index contributed by atoms with van der Waals surface area (Å²) in [5, 5.41) is 0. The van der Waals surface area contributed by atoms with Gasteiger partial charge in [0.15, 0.2) is 0 Å². The lowest BCUT2D eigenvalue weighted by Crippen LogP contribution is -2.36. The summed E-state index contributed by atoms with van der Waals surface area (Å²) in [6.45, 7) is 6.49. The molecule has 0 aromatic rings. The van der Waals surface area contributed by atoms with Gasteiger partial charge in [-0.05, 0) is 40.2 Å². The number of esters is 1. The number of carbonyl (C=O) groups is 2. The zero-order chi connectivity index (χ0) is 12.1. The summed E-state index contributed by atoms with van der Waals surface area (Å²) >= 11 is 0. The highest BCUT2D eigenvalue weighted by atomic mass is 16.5. The molecule has 4 nitrogen and oxygen atoms in total. The zero-order valence-corrected chi connectivity index (χ0v) is 10.4. The monoisotopic (exact) mass is 227 g/mol. The molecule has 0 radical (unpaired) electrons. The van der Waals surface area contributed by atoms with Crippen LogP contribution < -0.4 is 0 Å². The van der Waals surface area contributed by atoms with Crippen molar-refractivity contribution in [3.8, 4) is 0 Å². The van der Waals surface area contributed by atoms with Crippen molar-refractivity contribution in [3.05, 3.63) is 0 Å². The van der Waals surface area contributed by atoms with Crippen LogP contribution in [0.2, 0.25) is 0 Å². The lowest BCUT2D eigenvalue weighted by Gasteiger charge is -2.22. The van der Waals surface area contributed by atoms with Crippen LogP contribution in [0.3, 0.4) is 0 Å². The van der Waals surface area contributed by atoms with Gasteiger partial charge in [0.05, 0.1) is 12.6 Å². The molecule has 4 heteroatoms. The van der Waals surface area contributed by atoms with Gasteiger partial charge in [-0.1, -0.05) is 0 Å². The van der Waals surface area contributed by atoms with E-state index < -0.39 is 0 Å². The second kappa shape index (κ2) is 5.99. The number of ketones is 1. The number of ether oxygens (including phenoxy) is 1. The van der Waals surface area contributed by atoms with Crippen molar-refractivity contribution >= 4 is 11.8 Å². The van der Waals surface area contributed by atoms with Crippen LogP contribution in [0, 0.1) is 0 Å². The molecule has 0 spiro atoms. The van der Waals surface area contributed by atoms with E-state index in [1.807, 2.05) is 13.8 Å². The molecule has 0 amide bonds. The molecule has 1 aliphatic rings. The predicted molar refractivity (Wildman–Crippen MR) is 61.1 cm³/mol. The van der Waals surface area contributed by atoms with Gasteiger partial charge in [0.25, 0.3) is 0 Å². The number of nitrogens with zero attached hydrogens (tertiary/aromatic N) is 1. The highest BCUT2D eigenvalue weighted by Crippen LogP contribution is 2.20. The van der Waals surface area contributed by atoms with Crippen LogP contribution in [0.4, 0.5) is 0 Å². The average Bonchev–Trinajstić information content (AvgIpc) is 2.50. The van der Waals surface area contributed by atoms with Crippen molar-refractivity contribution in [1.82, 2.24) is 4.90 Å². The maximum absolute atomic E-state index is 11.5. The molecule has 1 atom stereocenters. The Morgan fingerprint density at radius 2 is 2.12 bits per heavy atom. The predicted octanol–water partition coefficient (Wildman–Crippen LogP) is 1.38.